The van der Waals surface area contributed by atoms with Crippen LogP contribution in [-0.4, -0.2) is 5.91 Å². The Morgan fingerprint density at radius 2 is 2.12 bits per heavy atom. The van der Waals surface area contributed by atoms with Gasteiger partial charge in [-0.25, -0.2) is 0 Å². The summed E-state index contributed by atoms with van der Waals surface area (Å²) in [5.74, 6) is 0.154. The quantitative estimate of drug-likeness (QED) is 0.826. The van der Waals surface area contributed by atoms with Crippen LogP contribution < -0.4 is 5.32 Å². The van der Waals surface area contributed by atoms with Gasteiger partial charge in [-0.1, -0.05) is 37.5 Å². The molecule has 1 unspecified atom stereocenters. The van der Waals surface area contributed by atoms with E-state index >= 15 is 0 Å². The fourth-order valence-electron chi connectivity index (χ4n) is 2.38. The molecule has 2 rings (SSSR count). The van der Waals surface area contributed by atoms with Crippen LogP contribution in [0.25, 0.3) is 0 Å². The molecule has 86 valence electrons. The van der Waals surface area contributed by atoms with Crippen LogP contribution >= 0.6 is 0 Å². The van der Waals surface area contributed by atoms with E-state index in [0.29, 0.717) is 0 Å². The van der Waals surface area contributed by atoms with Gasteiger partial charge in [-0.15, -0.1) is 0 Å². The van der Waals surface area contributed by atoms with Gasteiger partial charge in [-0.05, 0) is 31.9 Å². The highest BCUT2D eigenvalue weighted by Gasteiger charge is 2.41. The van der Waals surface area contributed by atoms with Crippen LogP contribution in [0.5, 0.6) is 0 Å². The second-order valence-electron chi connectivity index (χ2n) is 4.94. The first-order valence-electron chi connectivity index (χ1n) is 6.00. The number of benzene rings is 1. The molecule has 2 heteroatoms. The molecular weight excluding hydrogens is 198 g/mol. The molecule has 1 N–H and O–H groups in total. The molecule has 0 aromatic heterocycles. The van der Waals surface area contributed by atoms with E-state index in [-0.39, 0.29) is 11.3 Å². The number of hydrogen-bond acceptors (Lipinski definition) is 1. The summed E-state index contributed by atoms with van der Waals surface area (Å²) in [4.78, 5) is 12.1. The maximum absolute atomic E-state index is 12.1. The molecule has 1 aromatic rings. The smallest absolute Gasteiger partial charge is 0.234 e. The third kappa shape index (κ3) is 1.62. The van der Waals surface area contributed by atoms with E-state index in [9.17, 15) is 4.79 Å². The first kappa shape index (κ1) is 11.2. The van der Waals surface area contributed by atoms with Crippen molar-refractivity contribution in [3.05, 3.63) is 29.3 Å². The van der Waals surface area contributed by atoms with Gasteiger partial charge in [0.1, 0.15) is 0 Å². The zero-order chi connectivity index (χ0) is 11.8. The lowest BCUT2D eigenvalue weighted by molar-refractivity contribution is -0.120. The SMILES string of the molecule is CCCCC1(C)C(=O)Nc2ccc(C)cc21. The van der Waals surface area contributed by atoms with Crippen LogP contribution in [0.3, 0.4) is 0 Å². The minimum atomic E-state index is -0.322. The largest absolute Gasteiger partial charge is 0.325 e. The number of unbranched alkanes of at least 4 members (excludes halogenated alkanes) is 1. The maximum Gasteiger partial charge on any atom is 0.234 e. The Bertz CT molecular complexity index is 425. The summed E-state index contributed by atoms with van der Waals surface area (Å²) in [6, 6.07) is 6.20. The lowest BCUT2D eigenvalue weighted by Crippen LogP contribution is -2.30. The van der Waals surface area contributed by atoms with E-state index in [1.807, 2.05) is 12.1 Å². The van der Waals surface area contributed by atoms with Gasteiger partial charge in [0.25, 0.3) is 0 Å². The van der Waals surface area contributed by atoms with Crippen molar-refractivity contribution in [2.24, 2.45) is 0 Å². The molecule has 1 aliphatic rings. The Hall–Kier alpha value is -1.31. The molecule has 1 aliphatic heterocycles. The molecule has 0 saturated carbocycles. The number of fused-ring (bicyclic) bond motifs is 1. The average Bonchev–Trinajstić information content (AvgIpc) is 2.50. The number of rotatable bonds is 3. The Kier molecular flexibility index (Phi) is 2.75. The van der Waals surface area contributed by atoms with Gasteiger partial charge in [-0.2, -0.15) is 0 Å². The van der Waals surface area contributed by atoms with Crippen LogP contribution in [0.1, 0.15) is 44.2 Å². The lowest BCUT2D eigenvalue weighted by Gasteiger charge is -2.22. The lowest BCUT2D eigenvalue weighted by atomic mass is 9.79. The van der Waals surface area contributed by atoms with Gasteiger partial charge in [-0.3, -0.25) is 4.79 Å². The van der Waals surface area contributed by atoms with Crippen molar-refractivity contribution in [2.45, 2.75) is 45.4 Å². The van der Waals surface area contributed by atoms with Gasteiger partial charge in [0.05, 0.1) is 5.41 Å². The summed E-state index contributed by atoms with van der Waals surface area (Å²) in [6.45, 7) is 6.29. The normalized spacial score (nSPS) is 23.1. The van der Waals surface area contributed by atoms with E-state index in [4.69, 9.17) is 0 Å². The summed E-state index contributed by atoms with van der Waals surface area (Å²) in [5, 5.41) is 2.99. The molecule has 1 atom stereocenters. The standard InChI is InChI=1S/C14H19NO/c1-4-5-8-14(3)11-9-10(2)6-7-12(11)15-13(14)16/h6-7,9H,4-5,8H2,1-3H3,(H,15,16). The molecule has 0 spiro atoms. The predicted molar refractivity (Wildman–Crippen MR) is 66.7 cm³/mol. The number of carbonyl (C=O) groups is 1. The summed E-state index contributed by atoms with van der Waals surface area (Å²) >= 11 is 0. The Morgan fingerprint density at radius 1 is 1.38 bits per heavy atom. The molecule has 0 bridgehead atoms. The van der Waals surface area contributed by atoms with Crippen molar-refractivity contribution >= 4 is 11.6 Å². The van der Waals surface area contributed by atoms with Crippen molar-refractivity contribution in [3.8, 4) is 0 Å². The van der Waals surface area contributed by atoms with Crippen molar-refractivity contribution in [2.75, 3.05) is 5.32 Å². The van der Waals surface area contributed by atoms with Gasteiger partial charge in [0, 0.05) is 5.69 Å². The van der Waals surface area contributed by atoms with E-state index in [1.54, 1.807) is 0 Å². The van der Waals surface area contributed by atoms with Crippen LogP contribution in [0.2, 0.25) is 0 Å². The van der Waals surface area contributed by atoms with Gasteiger partial charge >= 0.3 is 0 Å². The number of aryl methyl sites for hydroxylation is 1. The van der Waals surface area contributed by atoms with Crippen molar-refractivity contribution < 1.29 is 4.79 Å². The van der Waals surface area contributed by atoms with Crippen molar-refractivity contribution in [1.82, 2.24) is 0 Å². The summed E-state index contributed by atoms with van der Waals surface area (Å²) in [6.07, 6.45) is 3.16. The van der Waals surface area contributed by atoms with E-state index in [0.717, 1.165) is 24.9 Å². The Labute approximate surface area is 97.1 Å². The number of amides is 1. The fraction of sp³-hybridized carbons (Fsp3) is 0.500. The first-order chi connectivity index (χ1) is 7.58. The monoisotopic (exact) mass is 217 g/mol. The second-order valence-corrected chi connectivity index (χ2v) is 4.94. The molecular formula is C14H19NO. The third-order valence-electron chi connectivity index (χ3n) is 3.55. The van der Waals surface area contributed by atoms with E-state index in [2.05, 4.69) is 32.2 Å². The molecule has 2 nitrogen and oxygen atoms in total. The van der Waals surface area contributed by atoms with Gasteiger partial charge in [0.15, 0.2) is 0 Å². The minimum Gasteiger partial charge on any atom is -0.325 e. The molecule has 1 aromatic carbocycles. The summed E-state index contributed by atoms with van der Waals surface area (Å²) < 4.78 is 0. The first-order valence-corrected chi connectivity index (χ1v) is 6.00. The zero-order valence-electron chi connectivity index (χ0n) is 10.3. The number of hydrogen-bond donors (Lipinski definition) is 1. The summed E-state index contributed by atoms with van der Waals surface area (Å²) in [7, 11) is 0. The van der Waals surface area contributed by atoms with Crippen LogP contribution in [0.4, 0.5) is 5.69 Å². The highest BCUT2D eigenvalue weighted by Crippen LogP contribution is 2.41. The van der Waals surface area contributed by atoms with Gasteiger partial charge in [0.2, 0.25) is 5.91 Å². The zero-order valence-corrected chi connectivity index (χ0v) is 10.3. The Balaban J connectivity index is 2.41. The average molecular weight is 217 g/mol. The number of nitrogens with one attached hydrogen (secondary N) is 1. The molecule has 16 heavy (non-hydrogen) atoms. The molecule has 1 amide bonds. The predicted octanol–water partition coefficient (Wildman–Crippen LogP) is 3.40. The van der Waals surface area contributed by atoms with Crippen LogP contribution in [0.15, 0.2) is 18.2 Å². The molecule has 1 heterocycles. The third-order valence-corrected chi connectivity index (χ3v) is 3.55. The summed E-state index contributed by atoms with van der Waals surface area (Å²) in [5.41, 5.74) is 3.07. The number of carbonyl (C=O) groups excluding carboxylic acids is 1. The van der Waals surface area contributed by atoms with Crippen LogP contribution in [-0.2, 0) is 10.2 Å². The maximum atomic E-state index is 12.1. The highest BCUT2D eigenvalue weighted by molar-refractivity contribution is 6.05. The Morgan fingerprint density at radius 3 is 2.81 bits per heavy atom. The molecule has 0 saturated heterocycles. The molecule has 0 fully saturated rings. The highest BCUT2D eigenvalue weighted by atomic mass is 16.2. The molecule has 0 radical (unpaired) electrons. The topological polar surface area (TPSA) is 29.1 Å². The number of anilines is 1. The van der Waals surface area contributed by atoms with E-state index in [1.165, 1.54) is 11.1 Å². The second kappa shape index (κ2) is 3.93. The fourth-order valence-corrected chi connectivity index (χ4v) is 2.38. The van der Waals surface area contributed by atoms with Gasteiger partial charge < -0.3 is 5.32 Å². The minimum absolute atomic E-state index is 0.154. The van der Waals surface area contributed by atoms with Crippen molar-refractivity contribution in [1.29, 1.82) is 0 Å². The van der Waals surface area contributed by atoms with Crippen LogP contribution in [0, 0.1) is 6.92 Å². The van der Waals surface area contributed by atoms with Crippen molar-refractivity contribution in [3.63, 3.8) is 0 Å². The molecule has 0 aliphatic carbocycles. The van der Waals surface area contributed by atoms with E-state index < -0.39 is 0 Å².